The third-order valence-corrected chi connectivity index (χ3v) is 11.0. The van der Waals surface area contributed by atoms with E-state index >= 15 is 0 Å². The number of unbranched alkanes of at least 4 members (excludes halogenated alkanes) is 1. The number of carbonyl (C=O) groups is 1. The first-order valence-electron chi connectivity index (χ1n) is 18.0. The Kier molecular flexibility index (Phi) is 13.0. The molecule has 288 valence electrons. The maximum absolute atomic E-state index is 13.0. The molecular formula is C37H46F3IN6O6. The van der Waals surface area contributed by atoms with Crippen LogP contribution in [0.5, 0.6) is 17.2 Å². The Hall–Kier alpha value is -3.29. The van der Waals surface area contributed by atoms with Gasteiger partial charge in [0, 0.05) is 12.1 Å². The Labute approximate surface area is 319 Å². The van der Waals surface area contributed by atoms with Gasteiger partial charge in [0.05, 0.1) is 47.7 Å². The number of alkyl halides is 3. The molecule has 1 spiro atoms. The summed E-state index contributed by atoms with van der Waals surface area (Å²) in [5, 5.41) is 30.5. The highest BCUT2D eigenvalue weighted by Gasteiger charge is 2.53. The summed E-state index contributed by atoms with van der Waals surface area (Å²) in [5.41, 5.74) is 5.92. The number of aliphatic hydroxyl groups is 2. The molecule has 2 heterocycles. The van der Waals surface area contributed by atoms with Gasteiger partial charge in [0.25, 0.3) is 0 Å². The predicted octanol–water partition coefficient (Wildman–Crippen LogP) is 4.56. The number of hydrogen-bond donors (Lipinski definition) is 6. The molecule has 0 bridgehead atoms. The van der Waals surface area contributed by atoms with Gasteiger partial charge >= 0.3 is 6.18 Å². The monoisotopic (exact) mass is 854 g/mol. The first-order valence-corrected chi connectivity index (χ1v) is 19.0. The molecule has 0 radical (unpaired) electrons. The molecule has 2 aromatic carbocycles. The standard InChI is InChI=1S/C37H46F3IN6O6/c38-37(39,40)31-19-43-20-32(47-31)46-28-21-52-30(35(50)34(28)49)14-33(48)45-24-17-36(18-24)15-23(16-36)44-11-1-2-12-51-25-4-6-26(7-5-25)53-29-8-3-22(9-10-42)13-27(29)41/h3-8,13,19-20,23-24,28,30,34-35,44,49-50H,1-2,9-12,14-18,21,42H2,(H,45,48)(H,46,47)/t23?,24?,28-,30+,34+,35-,36?/m0/s1. The zero-order valence-electron chi connectivity index (χ0n) is 29.2. The van der Waals surface area contributed by atoms with Crippen molar-refractivity contribution in [2.75, 3.05) is 31.6 Å². The van der Waals surface area contributed by atoms with Crippen LogP contribution in [-0.4, -0.2) is 88.8 Å². The lowest BCUT2D eigenvalue weighted by molar-refractivity contribution is -0.153. The summed E-state index contributed by atoms with van der Waals surface area (Å²) >= 11 is 2.28. The largest absolute Gasteiger partial charge is 0.494 e. The van der Waals surface area contributed by atoms with E-state index in [1.165, 1.54) is 5.56 Å². The van der Waals surface area contributed by atoms with Crippen molar-refractivity contribution in [2.24, 2.45) is 11.1 Å². The van der Waals surface area contributed by atoms with E-state index in [1.54, 1.807) is 0 Å². The number of nitrogens with two attached hydrogens (primary N) is 1. The number of ether oxygens (including phenoxy) is 3. The third kappa shape index (κ3) is 10.5. The number of anilines is 1. The molecule has 6 rings (SSSR count). The molecule has 53 heavy (non-hydrogen) atoms. The molecule has 3 fully saturated rings. The van der Waals surface area contributed by atoms with Gasteiger partial charge in [0.15, 0.2) is 5.69 Å². The quantitative estimate of drug-likeness (QED) is 0.0882. The van der Waals surface area contributed by atoms with Crippen LogP contribution < -0.4 is 31.2 Å². The lowest BCUT2D eigenvalue weighted by atomic mass is 9.52. The minimum Gasteiger partial charge on any atom is -0.494 e. The van der Waals surface area contributed by atoms with Crippen molar-refractivity contribution in [2.45, 2.75) is 94.0 Å². The Morgan fingerprint density at radius 3 is 2.47 bits per heavy atom. The second kappa shape index (κ2) is 17.5. The van der Waals surface area contributed by atoms with Crippen molar-refractivity contribution in [3.8, 4) is 17.2 Å². The van der Waals surface area contributed by atoms with E-state index in [4.69, 9.17) is 19.9 Å². The molecule has 1 amide bonds. The van der Waals surface area contributed by atoms with Crippen LogP contribution in [0.4, 0.5) is 19.0 Å². The normalized spacial score (nSPS) is 26.7. The summed E-state index contributed by atoms with van der Waals surface area (Å²) in [6.45, 7) is 2.02. The van der Waals surface area contributed by atoms with Crippen LogP contribution >= 0.6 is 22.6 Å². The number of nitrogens with one attached hydrogen (secondary N) is 3. The van der Waals surface area contributed by atoms with E-state index in [2.05, 4.69) is 54.6 Å². The molecule has 16 heteroatoms. The number of hydrogen-bond acceptors (Lipinski definition) is 11. The highest BCUT2D eigenvalue weighted by molar-refractivity contribution is 14.1. The van der Waals surface area contributed by atoms with Gasteiger partial charge in [-0.1, -0.05) is 6.07 Å². The average Bonchev–Trinajstić information content (AvgIpc) is 3.09. The van der Waals surface area contributed by atoms with Crippen LogP contribution in [0.15, 0.2) is 54.9 Å². The third-order valence-electron chi connectivity index (χ3n) is 10.1. The number of benzene rings is 2. The van der Waals surface area contributed by atoms with Crippen LogP contribution in [0.2, 0.25) is 0 Å². The predicted molar refractivity (Wildman–Crippen MR) is 199 cm³/mol. The number of aliphatic hydroxyl groups excluding tert-OH is 2. The summed E-state index contributed by atoms with van der Waals surface area (Å²) in [5.74, 6) is 1.87. The first-order chi connectivity index (χ1) is 25.4. The molecule has 3 aliphatic rings. The Morgan fingerprint density at radius 1 is 1.02 bits per heavy atom. The van der Waals surface area contributed by atoms with Gasteiger partial charge in [-0.3, -0.25) is 9.78 Å². The van der Waals surface area contributed by atoms with E-state index in [0.29, 0.717) is 25.4 Å². The molecule has 4 atom stereocenters. The van der Waals surface area contributed by atoms with Crippen LogP contribution in [-0.2, 0) is 22.1 Å². The summed E-state index contributed by atoms with van der Waals surface area (Å²) in [6.07, 6.45) is -0.186. The van der Waals surface area contributed by atoms with Crippen LogP contribution in [0.3, 0.4) is 0 Å². The fraction of sp³-hybridized carbons (Fsp3) is 0.541. The lowest BCUT2D eigenvalue weighted by Crippen LogP contribution is -2.61. The number of amides is 1. The van der Waals surface area contributed by atoms with Gasteiger partial charge in [0.1, 0.15) is 35.3 Å². The van der Waals surface area contributed by atoms with E-state index in [0.717, 1.165) is 78.5 Å². The SMILES string of the molecule is NCCc1ccc(Oc2ccc(OCCCCNC3CC4(C3)CC(NC(=O)C[C@H]3OC[C@H](Nc5cncc(C(F)(F)F)n5)[C@@H](O)[C@H]3O)C4)cc2)c(I)c1. The number of rotatable bonds is 16. The number of halogens is 4. The average molecular weight is 855 g/mol. The molecular weight excluding hydrogens is 808 g/mol. The molecule has 2 saturated carbocycles. The van der Waals surface area contributed by atoms with Gasteiger partial charge in [-0.25, -0.2) is 4.98 Å². The molecule has 3 aromatic rings. The highest BCUT2D eigenvalue weighted by Crippen LogP contribution is 2.56. The van der Waals surface area contributed by atoms with Crippen LogP contribution in [0.1, 0.15) is 56.2 Å². The fourth-order valence-corrected chi connectivity index (χ4v) is 8.06. The van der Waals surface area contributed by atoms with Crippen LogP contribution in [0, 0.1) is 8.99 Å². The van der Waals surface area contributed by atoms with Gasteiger partial charge in [-0.15, -0.1) is 0 Å². The minimum atomic E-state index is -4.68. The molecule has 1 aliphatic heterocycles. The van der Waals surface area contributed by atoms with Crippen molar-refractivity contribution in [3.05, 3.63) is 69.7 Å². The van der Waals surface area contributed by atoms with Crippen molar-refractivity contribution in [3.63, 3.8) is 0 Å². The molecule has 1 saturated heterocycles. The summed E-state index contributed by atoms with van der Waals surface area (Å²) in [7, 11) is 0. The van der Waals surface area contributed by atoms with Gasteiger partial charge in [-0.05, 0) is 128 Å². The first kappa shape index (κ1) is 39.4. The maximum Gasteiger partial charge on any atom is 0.434 e. The zero-order valence-corrected chi connectivity index (χ0v) is 31.3. The Balaban J connectivity index is 0.804. The van der Waals surface area contributed by atoms with Gasteiger partial charge in [-0.2, -0.15) is 13.2 Å². The topological polar surface area (TPSA) is 173 Å². The second-order valence-corrected chi connectivity index (χ2v) is 15.4. The van der Waals surface area contributed by atoms with Crippen molar-refractivity contribution in [1.82, 2.24) is 20.6 Å². The van der Waals surface area contributed by atoms with Crippen LogP contribution in [0.25, 0.3) is 0 Å². The number of carbonyl (C=O) groups excluding carboxylic acids is 1. The molecule has 7 N–H and O–H groups in total. The molecule has 12 nitrogen and oxygen atoms in total. The van der Waals surface area contributed by atoms with E-state index < -0.39 is 36.2 Å². The summed E-state index contributed by atoms with van der Waals surface area (Å²) in [6, 6.07) is 13.3. The minimum absolute atomic E-state index is 0.0533. The summed E-state index contributed by atoms with van der Waals surface area (Å²) < 4.78 is 57.5. The molecule has 1 aromatic heterocycles. The fourth-order valence-electron chi connectivity index (χ4n) is 7.37. The van der Waals surface area contributed by atoms with Gasteiger partial charge < -0.3 is 46.1 Å². The number of nitrogens with zero attached hydrogens (tertiary/aromatic N) is 2. The Bertz CT molecular complexity index is 1670. The lowest BCUT2D eigenvalue weighted by Gasteiger charge is -2.58. The molecule has 0 unspecified atom stereocenters. The van der Waals surface area contributed by atoms with Crippen molar-refractivity contribution in [1.29, 1.82) is 0 Å². The van der Waals surface area contributed by atoms with Crippen molar-refractivity contribution < 1.29 is 42.4 Å². The maximum atomic E-state index is 13.0. The zero-order chi connectivity index (χ0) is 37.6. The Morgan fingerprint density at radius 2 is 1.75 bits per heavy atom. The number of aromatic nitrogens is 2. The summed E-state index contributed by atoms with van der Waals surface area (Å²) in [4.78, 5) is 19.7. The second-order valence-electron chi connectivity index (χ2n) is 14.3. The van der Waals surface area contributed by atoms with E-state index in [-0.39, 0.29) is 36.2 Å². The van der Waals surface area contributed by atoms with Crippen molar-refractivity contribution >= 4 is 34.3 Å². The molecule has 2 aliphatic carbocycles. The highest BCUT2D eigenvalue weighted by atomic mass is 127. The van der Waals surface area contributed by atoms with Gasteiger partial charge in [0.2, 0.25) is 5.91 Å². The smallest absolute Gasteiger partial charge is 0.434 e. The van der Waals surface area contributed by atoms with E-state index in [1.807, 2.05) is 36.4 Å². The van der Waals surface area contributed by atoms with E-state index in [9.17, 15) is 28.2 Å².